The van der Waals surface area contributed by atoms with Crippen molar-refractivity contribution in [3.05, 3.63) is 35.4 Å². The van der Waals surface area contributed by atoms with Crippen LogP contribution < -0.4 is 10.6 Å². The summed E-state index contributed by atoms with van der Waals surface area (Å²) in [7, 11) is 0. The molecule has 0 spiro atoms. The lowest BCUT2D eigenvalue weighted by Gasteiger charge is -2.28. The van der Waals surface area contributed by atoms with Gasteiger partial charge in [-0.1, -0.05) is 45.9 Å². The number of carbonyl (C=O) groups is 2. The van der Waals surface area contributed by atoms with Gasteiger partial charge in [-0.3, -0.25) is 9.69 Å². The van der Waals surface area contributed by atoms with E-state index in [9.17, 15) is 27.9 Å². The Kier molecular flexibility index (Phi) is 8.40. The van der Waals surface area contributed by atoms with Crippen LogP contribution >= 0.6 is 0 Å². The second kappa shape index (κ2) is 10.8. The van der Waals surface area contributed by atoms with E-state index in [2.05, 4.69) is 36.3 Å². The number of halogens is 3. The highest BCUT2D eigenvalue weighted by Crippen LogP contribution is 2.39. The molecule has 1 saturated carbocycles. The predicted octanol–water partition coefficient (Wildman–Crippen LogP) is 5.13. The summed E-state index contributed by atoms with van der Waals surface area (Å²) in [5.74, 6) is 0.456. The Bertz CT molecular complexity index is 900. The summed E-state index contributed by atoms with van der Waals surface area (Å²) in [4.78, 5) is 26.6. The molecule has 0 radical (unpaired) electrons. The van der Waals surface area contributed by atoms with Gasteiger partial charge < -0.3 is 15.7 Å². The number of nitrogens with zero attached hydrogens (tertiary/aromatic N) is 1. The minimum atomic E-state index is -4.36. The largest absolute Gasteiger partial charge is 0.465 e. The molecule has 5 atom stereocenters. The Morgan fingerprint density at radius 2 is 1.89 bits per heavy atom. The Morgan fingerprint density at radius 3 is 2.51 bits per heavy atom. The third-order valence-corrected chi connectivity index (χ3v) is 7.13. The van der Waals surface area contributed by atoms with E-state index in [1.807, 2.05) is 6.92 Å². The maximum Gasteiger partial charge on any atom is 0.416 e. The predicted molar refractivity (Wildman–Crippen MR) is 128 cm³/mol. The van der Waals surface area contributed by atoms with E-state index in [0.717, 1.165) is 31.9 Å². The van der Waals surface area contributed by atoms with Crippen molar-refractivity contribution < 1.29 is 27.9 Å². The summed E-state index contributed by atoms with van der Waals surface area (Å²) >= 11 is 0. The van der Waals surface area contributed by atoms with Gasteiger partial charge in [0.2, 0.25) is 5.91 Å². The van der Waals surface area contributed by atoms with Crippen molar-refractivity contribution in [3.63, 3.8) is 0 Å². The molecule has 6 nitrogen and oxygen atoms in total. The molecule has 1 saturated heterocycles. The third-order valence-electron chi connectivity index (χ3n) is 7.13. The average molecular weight is 498 g/mol. The molecule has 196 valence electrons. The lowest BCUT2D eigenvalue weighted by molar-refractivity contribution is -0.137. The number of amides is 2. The first-order chi connectivity index (χ1) is 16.2. The standard InChI is InChI=1S/C26H38F3N3O3/c1-16(12-25(2,3)4)10-22(31-24(34)35)23(33)30-21-9-8-18-14-32(15-20(18)21)13-17-6-5-7-19(11-17)26(27,28)29/h5-7,11,16,18,20-22,31H,8-10,12-15H2,1-4H3,(H,30,33)(H,34,35)/t16-,18-,20+,21+,22?/m1/s1. The number of likely N-dealkylation sites (tertiary alicyclic amines) is 1. The van der Waals surface area contributed by atoms with E-state index >= 15 is 0 Å². The summed E-state index contributed by atoms with van der Waals surface area (Å²) < 4.78 is 39.2. The van der Waals surface area contributed by atoms with Crippen LogP contribution in [-0.4, -0.2) is 47.2 Å². The van der Waals surface area contributed by atoms with E-state index < -0.39 is 23.9 Å². The number of fused-ring (bicyclic) bond motifs is 1. The fraction of sp³-hybridized carbons (Fsp3) is 0.692. The first kappa shape index (κ1) is 27.3. The van der Waals surface area contributed by atoms with Crippen LogP contribution in [0, 0.1) is 23.2 Å². The quantitative estimate of drug-likeness (QED) is 0.465. The molecular formula is C26H38F3N3O3. The molecule has 1 aromatic rings. The molecule has 0 bridgehead atoms. The summed E-state index contributed by atoms with van der Waals surface area (Å²) in [5.41, 5.74) is 0.0612. The maximum absolute atomic E-state index is 13.1. The lowest BCUT2D eigenvalue weighted by Crippen LogP contribution is -2.51. The Hall–Kier alpha value is -2.29. The SMILES string of the molecule is C[C@H](CC(NC(=O)O)C(=O)N[C@H]1CC[C@@H]2CN(Cc3cccc(C(F)(F)F)c3)C[C@@H]21)CC(C)(C)C. The highest BCUT2D eigenvalue weighted by Gasteiger charge is 2.43. The van der Waals surface area contributed by atoms with Gasteiger partial charge in [0.15, 0.2) is 0 Å². The van der Waals surface area contributed by atoms with E-state index in [4.69, 9.17) is 0 Å². The monoisotopic (exact) mass is 497 g/mol. The fourth-order valence-electron chi connectivity index (χ4n) is 5.97. The van der Waals surface area contributed by atoms with Crippen LogP contribution in [-0.2, 0) is 17.5 Å². The number of carbonyl (C=O) groups excluding carboxylic acids is 1. The molecule has 2 amide bonds. The molecule has 3 N–H and O–H groups in total. The molecule has 3 rings (SSSR count). The van der Waals surface area contributed by atoms with Crippen LogP contribution in [0.2, 0.25) is 0 Å². The van der Waals surface area contributed by atoms with Crippen molar-refractivity contribution >= 4 is 12.0 Å². The fourth-order valence-corrected chi connectivity index (χ4v) is 5.97. The number of carboxylic acid groups (broad SMARTS) is 1. The molecule has 2 fully saturated rings. The highest BCUT2D eigenvalue weighted by atomic mass is 19.4. The molecule has 1 aliphatic heterocycles. The molecule has 2 aliphatic rings. The number of benzene rings is 1. The van der Waals surface area contributed by atoms with Gasteiger partial charge in [0.05, 0.1) is 5.56 Å². The van der Waals surface area contributed by atoms with Crippen LogP contribution in [0.5, 0.6) is 0 Å². The summed E-state index contributed by atoms with van der Waals surface area (Å²) in [6, 6.07) is 4.56. The molecule has 1 aromatic carbocycles. The van der Waals surface area contributed by atoms with Gasteiger partial charge in [0.1, 0.15) is 6.04 Å². The zero-order valence-corrected chi connectivity index (χ0v) is 21.0. The first-order valence-electron chi connectivity index (χ1n) is 12.4. The maximum atomic E-state index is 13.1. The summed E-state index contributed by atoms with van der Waals surface area (Å²) in [5, 5.41) is 14.8. The average Bonchev–Trinajstić information content (AvgIpc) is 3.26. The van der Waals surface area contributed by atoms with Gasteiger partial charge in [-0.25, -0.2) is 4.79 Å². The van der Waals surface area contributed by atoms with Crippen LogP contribution in [0.25, 0.3) is 0 Å². The Labute approximate surface area is 205 Å². The molecule has 1 heterocycles. The third kappa shape index (κ3) is 7.85. The molecular weight excluding hydrogens is 459 g/mol. The summed E-state index contributed by atoms with van der Waals surface area (Å²) in [6.45, 7) is 10.3. The zero-order chi connectivity index (χ0) is 26.0. The number of alkyl halides is 3. The van der Waals surface area contributed by atoms with Gasteiger partial charge in [-0.05, 0) is 60.5 Å². The van der Waals surface area contributed by atoms with Crippen molar-refractivity contribution in [1.82, 2.24) is 15.5 Å². The van der Waals surface area contributed by atoms with E-state index in [-0.39, 0.29) is 29.2 Å². The highest BCUT2D eigenvalue weighted by molar-refractivity contribution is 5.85. The molecule has 35 heavy (non-hydrogen) atoms. The van der Waals surface area contributed by atoms with Crippen LogP contribution in [0.15, 0.2) is 24.3 Å². The minimum Gasteiger partial charge on any atom is -0.465 e. The van der Waals surface area contributed by atoms with Crippen LogP contribution in [0.4, 0.5) is 18.0 Å². The van der Waals surface area contributed by atoms with Crippen molar-refractivity contribution in [2.24, 2.45) is 23.2 Å². The Morgan fingerprint density at radius 1 is 1.17 bits per heavy atom. The molecule has 0 aromatic heterocycles. The van der Waals surface area contributed by atoms with Gasteiger partial charge >= 0.3 is 12.3 Å². The van der Waals surface area contributed by atoms with E-state index in [1.54, 1.807) is 6.07 Å². The Balaban J connectivity index is 1.59. The van der Waals surface area contributed by atoms with Gasteiger partial charge in [-0.2, -0.15) is 13.2 Å². The van der Waals surface area contributed by atoms with Crippen molar-refractivity contribution in [2.45, 2.75) is 78.2 Å². The molecule has 1 unspecified atom stereocenters. The molecule has 1 aliphatic carbocycles. The second-order valence-electron chi connectivity index (χ2n) is 11.6. The topological polar surface area (TPSA) is 81.7 Å². The van der Waals surface area contributed by atoms with Crippen molar-refractivity contribution in [2.75, 3.05) is 13.1 Å². The smallest absolute Gasteiger partial charge is 0.416 e. The number of rotatable bonds is 8. The van der Waals surface area contributed by atoms with Crippen molar-refractivity contribution in [3.8, 4) is 0 Å². The van der Waals surface area contributed by atoms with Crippen LogP contribution in [0.1, 0.15) is 64.5 Å². The van der Waals surface area contributed by atoms with Crippen LogP contribution in [0.3, 0.4) is 0 Å². The number of nitrogens with one attached hydrogen (secondary N) is 2. The lowest BCUT2D eigenvalue weighted by atomic mass is 9.83. The van der Waals surface area contributed by atoms with Gasteiger partial charge in [0, 0.05) is 25.7 Å². The summed E-state index contributed by atoms with van der Waals surface area (Å²) in [6.07, 6.45) is -2.51. The van der Waals surface area contributed by atoms with Gasteiger partial charge in [0.25, 0.3) is 0 Å². The van der Waals surface area contributed by atoms with E-state index in [1.165, 1.54) is 12.1 Å². The van der Waals surface area contributed by atoms with Crippen molar-refractivity contribution in [1.29, 1.82) is 0 Å². The zero-order valence-electron chi connectivity index (χ0n) is 21.0. The number of hydrogen-bond acceptors (Lipinski definition) is 3. The second-order valence-corrected chi connectivity index (χ2v) is 11.6. The van der Waals surface area contributed by atoms with Gasteiger partial charge in [-0.15, -0.1) is 0 Å². The number of hydrogen-bond donors (Lipinski definition) is 3. The first-order valence-corrected chi connectivity index (χ1v) is 12.4. The normalized spacial score (nSPS) is 24.6. The molecule has 9 heteroatoms. The minimum absolute atomic E-state index is 0.0602. The van der Waals surface area contributed by atoms with E-state index in [0.29, 0.717) is 31.0 Å².